The average molecular weight is 300 g/mol. The number of allylic oxidation sites excluding steroid dienone is 2. The Hall–Kier alpha value is -2.07. The molecule has 1 aromatic carbocycles. The summed E-state index contributed by atoms with van der Waals surface area (Å²) in [5.41, 5.74) is 10.6. The van der Waals surface area contributed by atoms with Crippen LogP contribution in [-0.4, -0.2) is 23.6 Å². The van der Waals surface area contributed by atoms with Gasteiger partial charge < -0.3 is 15.5 Å². The molecule has 1 heterocycles. The third kappa shape index (κ3) is 3.77. The van der Waals surface area contributed by atoms with Crippen LogP contribution in [0.4, 0.5) is 0 Å². The SMILES string of the molecule is CCOC(=O)[C@@H](N)Cc1c(CC=C(C)C)[nH]c2ccccc12. The van der Waals surface area contributed by atoms with E-state index in [0.717, 1.165) is 28.6 Å². The number of H-pyrrole nitrogens is 1. The van der Waals surface area contributed by atoms with Gasteiger partial charge in [-0.25, -0.2) is 0 Å². The molecule has 0 saturated carbocycles. The number of esters is 1. The molecule has 0 saturated heterocycles. The zero-order valence-corrected chi connectivity index (χ0v) is 13.5. The molecule has 1 atom stereocenters. The highest BCUT2D eigenvalue weighted by Crippen LogP contribution is 2.24. The van der Waals surface area contributed by atoms with Crippen LogP contribution in [0.2, 0.25) is 0 Å². The summed E-state index contributed by atoms with van der Waals surface area (Å²) in [6.45, 7) is 6.29. The molecule has 4 nitrogen and oxygen atoms in total. The average Bonchev–Trinajstić information content (AvgIpc) is 2.83. The quantitative estimate of drug-likeness (QED) is 0.636. The van der Waals surface area contributed by atoms with Crippen molar-refractivity contribution < 1.29 is 9.53 Å². The second-order valence-electron chi connectivity index (χ2n) is 5.68. The summed E-state index contributed by atoms with van der Waals surface area (Å²) in [4.78, 5) is 15.3. The lowest BCUT2D eigenvalue weighted by atomic mass is 10.0. The third-order valence-electron chi connectivity index (χ3n) is 3.63. The lowest BCUT2D eigenvalue weighted by Crippen LogP contribution is -2.34. The molecule has 22 heavy (non-hydrogen) atoms. The summed E-state index contributed by atoms with van der Waals surface area (Å²) in [7, 11) is 0. The fourth-order valence-electron chi connectivity index (χ4n) is 2.52. The number of aromatic nitrogens is 1. The van der Waals surface area contributed by atoms with E-state index < -0.39 is 6.04 Å². The fraction of sp³-hybridized carbons (Fsp3) is 0.389. The Kier molecular flexibility index (Phi) is 5.39. The van der Waals surface area contributed by atoms with Gasteiger partial charge in [0.05, 0.1) is 6.61 Å². The van der Waals surface area contributed by atoms with E-state index in [4.69, 9.17) is 10.5 Å². The van der Waals surface area contributed by atoms with E-state index in [0.29, 0.717) is 13.0 Å². The minimum atomic E-state index is -0.635. The summed E-state index contributed by atoms with van der Waals surface area (Å²) >= 11 is 0. The number of hydrogen-bond acceptors (Lipinski definition) is 3. The Morgan fingerprint density at radius 1 is 1.36 bits per heavy atom. The minimum Gasteiger partial charge on any atom is -0.465 e. The minimum absolute atomic E-state index is 0.346. The molecule has 0 fully saturated rings. The molecule has 1 aromatic heterocycles. The second kappa shape index (κ2) is 7.27. The van der Waals surface area contributed by atoms with Crippen LogP contribution in [0.5, 0.6) is 0 Å². The second-order valence-corrected chi connectivity index (χ2v) is 5.68. The number of nitrogens with one attached hydrogen (secondary N) is 1. The van der Waals surface area contributed by atoms with Crippen molar-refractivity contribution in [3.63, 3.8) is 0 Å². The first-order valence-corrected chi connectivity index (χ1v) is 7.67. The van der Waals surface area contributed by atoms with Crippen molar-refractivity contribution in [2.24, 2.45) is 5.73 Å². The van der Waals surface area contributed by atoms with E-state index in [1.165, 1.54) is 5.57 Å². The standard InChI is InChI=1S/C18H24N2O2/c1-4-22-18(21)15(19)11-14-13-7-5-6-8-16(13)20-17(14)10-9-12(2)3/h5-9,15,20H,4,10-11,19H2,1-3H3/t15-/m0/s1. The summed E-state index contributed by atoms with van der Waals surface area (Å²) in [5, 5.41) is 1.12. The van der Waals surface area contributed by atoms with Crippen molar-refractivity contribution in [1.82, 2.24) is 4.98 Å². The molecule has 0 aliphatic rings. The first kappa shape index (κ1) is 16.3. The number of fused-ring (bicyclic) bond motifs is 1. The fourth-order valence-corrected chi connectivity index (χ4v) is 2.52. The molecule has 4 heteroatoms. The van der Waals surface area contributed by atoms with E-state index >= 15 is 0 Å². The molecule has 3 N–H and O–H groups in total. The number of hydrogen-bond donors (Lipinski definition) is 2. The monoisotopic (exact) mass is 300 g/mol. The van der Waals surface area contributed by atoms with E-state index in [-0.39, 0.29) is 5.97 Å². The summed E-state index contributed by atoms with van der Waals surface area (Å²) in [6, 6.07) is 7.47. The zero-order chi connectivity index (χ0) is 16.1. The number of carbonyl (C=O) groups is 1. The molecule has 0 aliphatic carbocycles. The Morgan fingerprint density at radius 3 is 2.77 bits per heavy atom. The van der Waals surface area contributed by atoms with Crippen molar-refractivity contribution in [3.05, 3.63) is 47.2 Å². The number of rotatable bonds is 6. The number of carbonyl (C=O) groups excluding carboxylic acids is 1. The maximum Gasteiger partial charge on any atom is 0.323 e. The first-order valence-electron chi connectivity index (χ1n) is 7.67. The van der Waals surface area contributed by atoms with Crippen molar-refractivity contribution >= 4 is 16.9 Å². The topological polar surface area (TPSA) is 68.1 Å². The van der Waals surface area contributed by atoms with Gasteiger partial charge in [-0.15, -0.1) is 0 Å². The molecule has 118 valence electrons. The molecule has 0 amide bonds. The van der Waals surface area contributed by atoms with Crippen LogP contribution >= 0.6 is 0 Å². The molecule has 0 unspecified atom stereocenters. The maximum atomic E-state index is 11.8. The first-order chi connectivity index (χ1) is 10.5. The Bertz CT molecular complexity index is 681. The van der Waals surface area contributed by atoms with Gasteiger partial charge in [-0.2, -0.15) is 0 Å². The number of aromatic amines is 1. The van der Waals surface area contributed by atoms with E-state index in [2.05, 4.69) is 31.0 Å². The van der Waals surface area contributed by atoms with Crippen LogP contribution in [0.1, 0.15) is 32.0 Å². The van der Waals surface area contributed by atoms with Gasteiger partial charge in [0.25, 0.3) is 0 Å². The van der Waals surface area contributed by atoms with Crippen LogP contribution in [0.25, 0.3) is 10.9 Å². The van der Waals surface area contributed by atoms with Gasteiger partial charge >= 0.3 is 5.97 Å². The van der Waals surface area contributed by atoms with Gasteiger partial charge in [0.1, 0.15) is 6.04 Å². The summed E-state index contributed by atoms with van der Waals surface area (Å²) in [5.74, 6) is -0.346. The largest absolute Gasteiger partial charge is 0.465 e. The van der Waals surface area contributed by atoms with E-state index in [1.54, 1.807) is 6.92 Å². The highest BCUT2D eigenvalue weighted by Gasteiger charge is 2.19. The molecular weight excluding hydrogens is 276 g/mol. The Labute approximate surface area is 131 Å². The van der Waals surface area contributed by atoms with Gasteiger partial charge in [-0.3, -0.25) is 4.79 Å². The molecule has 0 spiro atoms. The van der Waals surface area contributed by atoms with Gasteiger partial charge in [0.2, 0.25) is 0 Å². The van der Waals surface area contributed by atoms with E-state index in [9.17, 15) is 4.79 Å². The highest BCUT2D eigenvalue weighted by atomic mass is 16.5. The predicted molar refractivity (Wildman–Crippen MR) is 89.7 cm³/mol. The molecule has 2 rings (SSSR count). The predicted octanol–water partition coefficient (Wildman–Crippen LogP) is 3.11. The Balaban J connectivity index is 2.34. The lowest BCUT2D eigenvalue weighted by molar-refractivity contribution is -0.144. The van der Waals surface area contributed by atoms with Crippen molar-refractivity contribution in [3.8, 4) is 0 Å². The lowest BCUT2D eigenvalue weighted by Gasteiger charge is -2.11. The van der Waals surface area contributed by atoms with Crippen LogP contribution in [0.3, 0.4) is 0 Å². The van der Waals surface area contributed by atoms with Crippen molar-refractivity contribution in [2.75, 3.05) is 6.61 Å². The molecule has 0 bridgehead atoms. The highest BCUT2D eigenvalue weighted by molar-refractivity contribution is 5.86. The van der Waals surface area contributed by atoms with Crippen LogP contribution < -0.4 is 5.73 Å². The number of nitrogens with two attached hydrogens (primary N) is 1. The summed E-state index contributed by atoms with van der Waals surface area (Å²) < 4.78 is 5.02. The zero-order valence-electron chi connectivity index (χ0n) is 13.5. The maximum absolute atomic E-state index is 11.8. The molecular formula is C18H24N2O2. The van der Waals surface area contributed by atoms with Crippen LogP contribution in [0.15, 0.2) is 35.9 Å². The van der Waals surface area contributed by atoms with Crippen LogP contribution in [-0.2, 0) is 22.4 Å². The molecule has 0 aliphatic heterocycles. The number of ether oxygens (including phenoxy) is 1. The van der Waals surface area contributed by atoms with Gasteiger partial charge in [-0.05, 0) is 32.4 Å². The Morgan fingerprint density at radius 2 is 2.09 bits per heavy atom. The van der Waals surface area contributed by atoms with E-state index in [1.807, 2.05) is 18.2 Å². The van der Waals surface area contributed by atoms with Crippen molar-refractivity contribution in [1.29, 1.82) is 0 Å². The van der Waals surface area contributed by atoms with Gasteiger partial charge in [0, 0.05) is 29.4 Å². The third-order valence-corrected chi connectivity index (χ3v) is 3.63. The smallest absolute Gasteiger partial charge is 0.323 e. The number of benzene rings is 1. The van der Waals surface area contributed by atoms with Gasteiger partial charge in [0.15, 0.2) is 0 Å². The molecule has 2 aromatic rings. The van der Waals surface area contributed by atoms with Crippen molar-refractivity contribution in [2.45, 2.75) is 39.7 Å². The molecule has 0 radical (unpaired) electrons. The van der Waals surface area contributed by atoms with Gasteiger partial charge in [-0.1, -0.05) is 29.8 Å². The normalized spacial score (nSPS) is 12.2. The number of para-hydroxylation sites is 1. The van der Waals surface area contributed by atoms with Crippen LogP contribution in [0, 0.1) is 0 Å². The summed E-state index contributed by atoms with van der Waals surface area (Å²) in [6.07, 6.45) is 3.46.